The average Bonchev–Trinajstić information content (AvgIpc) is 2.74. The second kappa shape index (κ2) is 4.69. The van der Waals surface area contributed by atoms with Gasteiger partial charge >= 0.3 is 0 Å². The van der Waals surface area contributed by atoms with Crippen molar-refractivity contribution in [1.29, 1.82) is 0 Å². The van der Waals surface area contributed by atoms with Crippen LogP contribution in [0.5, 0.6) is 0 Å². The highest BCUT2D eigenvalue weighted by molar-refractivity contribution is 6.14. The maximum atomic E-state index is 14.1. The molecule has 2 aliphatic heterocycles. The van der Waals surface area contributed by atoms with Gasteiger partial charge in [-0.1, -0.05) is 19.1 Å². The first-order valence-electron chi connectivity index (χ1n) is 6.64. The zero-order chi connectivity index (χ0) is 12.5. The van der Waals surface area contributed by atoms with Gasteiger partial charge < -0.3 is 10.2 Å². The van der Waals surface area contributed by atoms with E-state index in [4.69, 9.17) is 0 Å². The largest absolute Gasteiger partial charge is 0.365 e. The predicted octanol–water partition coefficient (Wildman–Crippen LogP) is 2.01. The van der Waals surface area contributed by atoms with Crippen LogP contribution in [0.15, 0.2) is 40.4 Å². The smallest absolute Gasteiger partial charge is 0.237 e. The summed E-state index contributed by atoms with van der Waals surface area (Å²) in [6.07, 6.45) is 7.26. The number of fused-ring (bicyclic) bond motifs is 1. The Morgan fingerprint density at radius 3 is 2.94 bits per heavy atom. The Bertz CT molecular complexity index is 467. The molecule has 3 nitrogen and oxygen atoms in total. The Kier molecular flexibility index (Phi) is 3.04. The Morgan fingerprint density at radius 2 is 2.22 bits per heavy atom. The third-order valence-electron chi connectivity index (χ3n) is 3.73. The van der Waals surface area contributed by atoms with Crippen LogP contribution in [-0.4, -0.2) is 36.8 Å². The number of allylic oxidation sites excluding steroid dienone is 4. The van der Waals surface area contributed by atoms with Gasteiger partial charge in [-0.3, -0.25) is 0 Å². The molecule has 0 aromatic rings. The van der Waals surface area contributed by atoms with Crippen molar-refractivity contribution in [2.75, 3.05) is 26.2 Å². The summed E-state index contributed by atoms with van der Waals surface area (Å²) in [5, 5.41) is 3.29. The fraction of sp³-hybridized carbons (Fsp3) is 0.500. The first-order chi connectivity index (χ1) is 8.79. The average molecular weight is 247 g/mol. The maximum absolute atomic E-state index is 14.1. The molecule has 3 aliphatic rings. The van der Waals surface area contributed by atoms with Crippen LogP contribution in [0.1, 0.15) is 13.3 Å². The van der Waals surface area contributed by atoms with Gasteiger partial charge in [-0.2, -0.15) is 4.39 Å². The van der Waals surface area contributed by atoms with Gasteiger partial charge in [0.2, 0.25) is 5.95 Å². The zero-order valence-electron chi connectivity index (χ0n) is 10.6. The Balaban J connectivity index is 1.90. The summed E-state index contributed by atoms with van der Waals surface area (Å²) in [5.41, 5.74) is 2.48. The molecule has 4 heteroatoms. The monoisotopic (exact) mass is 247 g/mol. The van der Waals surface area contributed by atoms with E-state index in [0.717, 1.165) is 43.9 Å². The molecule has 1 saturated heterocycles. The highest BCUT2D eigenvalue weighted by Gasteiger charge is 2.30. The molecule has 1 fully saturated rings. The molecule has 0 aromatic carbocycles. The Hall–Kier alpha value is -1.42. The molecular weight excluding hydrogens is 229 g/mol. The number of rotatable bonds is 2. The van der Waals surface area contributed by atoms with Crippen LogP contribution in [0.4, 0.5) is 4.39 Å². The normalized spacial score (nSPS) is 27.2. The van der Waals surface area contributed by atoms with E-state index in [0.29, 0.717) is 11.6 Å². The van der Waals surface area contributed by atoms with Gasteiger partial charge in [-0.05, 0) is 18.4 Å². The van der Waals surface area contributed by atoms with Gasteiger partial charge in [0.1, 0.15) is 5.70 Å². The van der Waals surface area contributed by atoms with Crippen LogP contribution in [0.2, 0.25) is 0 Å². The lowest BCUT2D eigenvalue weighted by atomic mass is 9.92. The van der Waals surface area contributed by atoms with Crippen LogP contribution in [0.3, 0.4) is 0 Å². The summed E-state index contributed by atoms with van der Waals surface area (Å²) in [5.74, 6) is 0.0855. The van der Waals surface area contributed by atoms with Gasteiger partial charge in [0.15, 0.2) is 0 Å². The molecule has 0 saturated carbocycles. The van der Waals surface area contributed by atoms with Gasteiger partial charge in [-0.15, -0.1) is 0 Å². The topological polar surface area (TPSA) is 27.6 Å². The number of nitrogens with one attached hydrogen (secondary N) is 1. The predicted molar refractivity (Wildman–Crippen MR) is 71.0 cm³/mol. The number of hydrogen-bond donors (Lipinski definition) is 1. The van der Waals surface area contributed by atoms with Crippen molar-refractivity contribution >= 4 is 5.71 Å². The fourth-order valence-corrected chi connectivity index (χ4v) is 2.67. The second-order valence-electron chi connectivity index (χ2n) is 4.89. The summed E-state index contributed by atoms with van der Waals surface area (Å²) in [7, 11) is 0. The van der Waals surface area contributed by atoms with Crippen LogP contribution in [0.25, 0.3) is 0 Å². The molecule has 18 heavy (non-hydrogen) atoms. The first-order valence-corrected chi connectivity index (χ1v) is 6.64. The van der Waals surface area contributed by atoms with Crippen molar-refractivity contribution in [3.05, 3.63) is 35.4 Å². The lowest BCUT2D eigenvalue weighted by Gasteiger charge is -2.31. The Labute approximate surface area is 107 Å². The van der Waals surface area contributed by atoms with E-state index in [-0.39, 0.29) is 5.95 Å². The summed E-state index contributed by atoms with van der Waals surface area (Å²) < 4.78 is 14.1. The van der Waals surface area contributed by atoms with Gasteiger partial charge in [0.25, 0.3) is 0 Å². The van der Waals surface area contributed by atoms with E-state index in [1.165, 1.54) is 0 Å². The third kappa shape index (κ3) is 1.90. The minimum Gasteiger partial charge on any atom is -0.365 e. The van der Waals surface area contributed by atoms with E-state index < -0.39 is 0 Å². The molecule has 0 aromatic heterocycles. The molecule has 1 N–H and O–H groups in total. The molecule has 3 rings (SSSR count). The zero-order valence-corrected chi connectivity index (χ0v) is 10.6. The van der Waals surface area contributed by atoms with Crippen LogP contribution >= 0.6 is 0 Å². The molecule has 2 heterocycles. The molecule has 0 amide bonds. The summed E-state index contributed by atoms with van der Waals surface area (Å²) in [4.78, 5) is 6.16. The molecule has 1 aliphatic carbocycles. The van der Waals surface area contributed by atoms with Gasteiger partial charge in [0, 0.05) is 31.8 Å². The minimum atomic E-state index is -0.320. The summed E-state index contributed by atoms with van der Waals surface area (Å²) >= 11 is 0. The summed E-state index contributed by atoms with van der Waals surface area (Å²) in [6.45, 7) is 5.67. The minimum absolute atomic E-state index is 0.320. The van der Waals surface area contributed by atoms with Crippen molar-refractivity contribution in [3.63, 3.8) is 0 Å². The molecule has 0 bridgehead atoms. The lowest BCUT2D eigenvalue weighted by molar-refractivity contribution is 0.297. The van der Waals surface area contributed by atoms with Crippen molar-refractivity contribution in [3.8, 4) is 0 Å². The first kappa shape index (κ1) is 11.7. The van der Waals surface area contributed by atoms with Crippen LogP contribution < -0.4 is 5.32 Å². The quantitative estimate of drug-likeness (QED) is 0.756. The van der Waals surface area contributed by atoms with Crippen molar-refractivity contribution < 1.29 is 4.39 Å². The van der Waals surface area contributed by atoms with Crippen LogP contribution in [-0.2, 0) is 0 Å². The van der Waals surface area contributed by atoms with Gasteiger partial charge in [0.05, 0.1) is 5.71 Å². The van der Waals surface area contributed by atoms with Crippen molar-refractivity contribution in [2.45, 2.75) is 13.3 Å². The van der Waals surface area contributed by atoms with E-state index >= 15 is 0 Å². The fourth-order valence-electron chi connectivity index (χ4n) is 2.67. The second-order valence-corrected chi connectivity index (χ2v) is 4.89. The van der Waals surface area contributed by atoms with E-state index in [9.17, 15) is 4.39 Å². The molecular formula is C14H18FN3. The molecule has 1 unspecified atom stereocenters. The van der Waals surface area contributed by atoms with Crippen molar-refractivity contribution in [2.24, 2.45) is 10.9 Å². The number of nitrogens with zero attached hydrogens (tertiary/aromatic N) is 2. The molecule has 0 radical (unpaired) electrons. The molecule has 1 atom stereocenters. The standard InChI is InChI=1S/C14H18FN3/c1-2-10-3-4-12-11(9-10)13(14(15)17-12)18-7-5-16-6-8-18/h3-4,9-10,16H,2,5-8H2,1H3. The van der Waals surface area contributed by atoms with E-state index in [1.54, 1.807) is 0 Å². The van der Waals surface area contributed by atoms with Crippen LogP contribution in [0, 0.1) is 5.92 Å². The van der Waals surface area contributed by atoms with Gasteiger partial charge in [-0.25, -0.2) is 4.99 Å². The van der Waals surface area contributed by atoms with E-state index in [1.807, 2.05) is 6.08 Å². The number of hydrogen-bond acceptors (Lipinski definition) is 3. The number of piperazine rings is 1. The number of halogens is 1. The third-order valence-corrected chi connectivity index (χ3v) is 3.73. The molecule has 96 valence electrons. The summed E-state index contributed by atoms with van der Waals surface area (Å²) in [6, 6.07) is 0. The van der Waals surface area contributed by atoms with E-state index in [2.05, 4.69) is 34.3 Å². The highest BCUT2D eigenvalue weighted by Crippen LogP contribution is 2.33. The molecule has 0 spiro atoms. The maximum Gasteiger partial charge on any atom is 0.237 e. The lowest BCUT2D eigenvalue weighted by Crippen LogP contribution is -2.43. The Morgan fingerprint density at radius 1 is 1.44 bits per heavy atom. The highest BCUT2D eigenvalue weighted by atomic mass is 19.1. The SMILES string of the molecule is CCC1C=CC2=NC(F)=C(N3CCNCC3)C2=C1. The van der Waals surface area contributed by atoms with Crippen molar-refractivity contribution in [1.82, 2.24) is 10.2 Å². The number of aliphatic imine (C=N–C) groups is 1.